The lowest BCUT2D eigenvalue weighted by atomic mass is 9.98. The average Bonchev–Trinajstić information content (AvgIpc) is 3.77. The van der Waals surface area contributed by atoms with E-state index in [9.17, 15) is 14.4 Å². The van der Waals surface area contributed by atoms with E-state index in [1.165, 1.54) is 6.42 Å². The van der Waals surface area contributed by atoms with E-state index in [-0.39, 0.29) is 23.8 Å². The fourth-order valence-corrected chi connectivity index (χ4v) is 7.53. The number of nitrogens with zero attached hydrogens (tertiary/aromatic N) is 3. The van der Waals surface area contributed by atoms with Gasteiger partial charge in [-0.15, -0.1) is 11.3 Å². The van der Waals surface area contributed by atoms with Gasteiger partial charge in [-0.1, -0.05) is 60.7 Å². The maximum atomic E-state index is 14.8. The fourth-order valence-electron chi connectivity index (χ4n) is 6.78. The fraction of sp³-hybridized carbons (Fsp3) is 0.410. The second kappa shape index (κ2) is 16.4. The number of benzene rings is 3. The zero-order valence-corrected chi connectivity index (χ0v) is 29.4. The number of hydrogen-bond acceptors (Lipinski definition) is 6. The molecule has 3 unspecified atom stereocenters. The van der Waals surface area contributed by atoms with Crippen LogP contribution in [0.2, 0.25) is 0 Å². The predicted octanol–water partition coefficient (Wildman–Crippen LogP) is 5.66. The first-order valence-corrected chi connectivity index (χ1v) is 18.0. The van der Waals surface area contributed by atoms with E-state index in [1.807, 2.05) is 67.8 Å². The summed E-state index contributed by atoms with van der Waals surface area (Å²) in [6, 6.07) is 24.2. The zero-order chi connectivity index (χ0) is 34.2. The van der Waals surface area contributed by atoms with Crippen LogP contribution >= 0.6 is 11.3 Å². The van der Waals surface area contributed by atoms with Crippen molar-refractivity contribution >= 4 is 39.8 Å². The van der Waals surface area contributed by atoms with Crippen LogP contribution in [0.3, 0.4) is 0 Å². The minimum atomic E-state index is -0.835. The van der Waals surface area contributed by atoms with Gasteiger partial charge in [0.25, 0.3) is 5.91 Å². The number of hydrogen-bond donors (Lipinski definition) is 2. The summed E-state index contributed by atoms with van der Waals surface area (Å²) in [5.41, 5.74) is 8.43. The molecule has 9 heteroatoms. The molecule has 8 nitrogen and oxygen atoms in total. The number of carbonyl (C=O) groups excluding carboxylic acids is 3. The number of nitrogens with one attached hydrogen (secondary N) is 1. The molecule has 0 bridgehead atoms. The SMILES string of the molecule is CCN(C(=O)c1cccc(C(C)N)c1)[C@H](Cc1ccc2ccccc2c1)C(=O)N(C)C(Cc1cccs1)C(=O)NCCC1CCCN1C. The Morgan fingerprint density at radius 3 is 2.46 bits per heavy atom. The quantitative estimate of drug-likeness (QED) is 0.181. The molecule has 254 valence electrons. The molecule has 0 aliphatic carbocycles. The maximum Gasteiger partial charge on any atom is 0.254 e. The molecular formula is C39H49N5O3S. The van der Waals surface area contributed by atoms with Gasteiger partial charge in [0.15, 0.2) is 0 Å². The van der Waals surface area contributed by atoms with E-state index in [1.54, 1.807) is 34.3 Å². The lowest BCUT2D eigenvalue weighted by Crippen LogP contribution is -2.57. The van der Waals surface area contributed by atoms with E-state index in [4.69, 9.17) is 5.73 Å². The molecule has 4 atom stereocenters. The number of rotatable bonds is 14. The van der Waals surface area contributed by atoms with E-state index in [0.717, 1.165) is 46.2 Å². The van der Waals surface area contributed by atoms with Crippen molar-refractivity contribution in [1.29, 1.82) is 0 Å². The molecule has 1 aliphatic rings. The van der Waals surface area contributed by atoms with Crippen LogP contribution in [0, 0.1) is 0 Å². The van der Waals surface area contributed by atoms with Crippen LogP contribution in [0.25, 0.3) is 10.8 Å². The highest BCUT2D eigenvalue weighted by Crippen LogP contribution is 2.23. The molecule has 0 radical (unpaired) electrons. The Kier molecular flexibility index (Phi) is 12.0. The van der Waals surface area contributed by atoms with Gasteiger partial charge in [0, 0.05) is 55.5 Å². The smallest absolute Gasteiger partial charge is 0.254 e. The van der Waals surface area contributed by atoms with Crippen LogP contribution in [0.5, 0.6) is 0 Å². The second-order valence-corrected chi connectivity index (χ2v) is 14.0. The van der Waals surface area contributed by atoms with Crippen LogP contribution in [0.4, 0.5) is 0 Å². The monoisotopic (exact) mass is 667 g/mol. The molecule has 1 fully saturated rings. The molecule has 2 heterocycles. The molecule has 48 heavy (non-hydrogen) atoms. The van der Waals surface area contributed by atoms with Gasteiger partial charge in [-0.25, -0.2) is 0 Å². The molecule has 1 saturated heterocycles. The number of likely N-dealkylation sites (N-methyl/N-ethyl adjacent to an activating group) is 2. The van der Waals surface area contributed by atoms with E-state index >= 15 is 0 Å². The van der Waals surface area contributed by atoms with Crippen molar-refractivity contribution in [1.82, 2.24) is 20.0 Å². The Morgan fingerprint density at radius 1 is 0.979 bits per heavy atom. The Labute approximate surface area is 288 Å². The van der Waals surface area contributed by atoms with Crippen LogP contribution < -0.4 is 11.1 Å². The molecule has 0 spiro atoms. The minimum absolute atomic E-state index is 0.177. The summed E-state index contributed by atoms with van der Waals surface area (Å²) in [7, 11) is 3.84. The van der Waals surface area contributed by atoms with Crippen molar-refractivity contribution in [2.75, 3.05) is 33.7 Å². The summed E-state index contributed by atoms with van der Waals surface area (Å²) in [5.74, 6) is -0.690. The summed E-state index contributed by atoms with van der Waals surface area (Å²) in [6.45, 7) is 5.72. The van der Waals surface area contributed by atoms with Crippen LogP contribution in [-0.4, -0.2) is 84.3 Å². The number of fused-ring (bicyclic) bond motifs is 1. The third kappa shape index (κ3) is 8.50. The Morgan fingerprint density at radius 2 is 1.77 bits per heavy atom. The number of likely N-dealkylation sites (tertiary alicyclic amines) is 1. The third-order valence-corrected chi connectivity index (χ3v) is 10.6. The largest absolute Gasteiger partial charge is 0.354 e. The summed E-state index contributed by atoms with van der Waals surface area (Å²) in [5, 5.41) is 7.30. The lowest BCUT2D eigenvalue weighted by molar-refractivity contribution is -0.142. The first-order chi connectivity index (χ1) is 23.2. The van der Waals surface area contributed by atoms with Gasteiger partial charge in [-0.3, -0.25) is 14.4 Å². The highest BCUT2D eigenvalue weighted by atomic mass is 32.1. The predicted molar refractivity (Wildman–Crippen MR) is 195 cm³/mol. The number of amides is 3. The van der Waals surface area contributed by atoms with Gasteiger partial charge in [0.1, 0.15) is 12.1 Å². The molecule has 1 aliphatic heterocycles. The standard InChI is InChI=1S/C39H49N5O3S/c1-5-44(38(46)32-14-8-13-30(25-32)27(2)40)36(24-28-17-18-29-11-6-7-12-31(29)23-28)39(47)43(4)35(26-34-16-10-22-48-34)37(45)41-20-19-33-15-9-21-42(33)3/h6-8,10-14,16-18,22-23,25,27,33,35-36H,5,9,15,19-21,24,26,40H2,1-4H3,(H,41,45)/t27?,33?,35?,36-/m1/s1. The normalized spacial score (nSPS) is 16.7. The number of carbonyl (C=O) groups is 3. The van der Waals surface area contributed by atoms with Gasteiger partial charge in [0.05, 0.1) is 0 Å². The molecule has 4 aromatic rings. The Hall–Kier alpha value is -4.05. The van der Waals surface area contributed by atoms with Gasteiger partial charge < -0.3 is 25.8 Å². The summed E-state index contributed by atoms with van der Waals surface area (Å²) >= 11 is 1.57. The highest BCUT2D eigenvalue weighted by molar-refractivity contribution is 7.09. The van der Waals surface area contributed by atoms with Gasteiger partial charge >= 0.3 is 0 Å². The number of nitrogens with two attached hydrogens (primary N) is 1. The van der Waals surface area contributed by atoms with Gasteiger partial charge in [-0.2, -0.15) is 0 Å². The molecular weight excluding hydrogens is 619 g/mol. The topological polar surface area (TPSA) is 99.0 Å². The third-order valence-electron chi connectivity index (χ3n) is 9.71. The van der Waals surface area contributed by atoms with Crippen LogP contribution in [0.1, 0.15) is 65.5 Å². The van der Waals surface area contributed by atoms with E-state index in [2.05, 4.69) is 41.5 Å². The summed E-state index contributed by atoms with van der Waals surface area (Å²) in [4.78, 5) is 49.4. The molecule has 0 saturated carbocycles. The second-order valence-electron chi connectivity index (χ2n) is 13.0. The Balaban J connectivity index is 1.45. The van der Waals surface area contributed by atoms with Crippen molar-refractivity contribution in [2.24, 2.45) is 5.73 Å². The van der Waals surface area contributed by atoms with Crippen LogP contribution in [-0.2, 0) is 22.4 Å². The number of thiophene rings is 1. The molecule has 5 rings (SSSR count). The molecule has 3 N–H and O–H groups in total. The molecule has 3 aromatic carbocycles. The van der Waals surface area contributed by atoms with Crippen molar-refractivity contribution in [3.8, 4) is 0 Å². The first-order valence-electron chi connectivity index (χ1n) is 17.1. The van der Waals surface area contributed by atoms with E-state index in [0.29, 0.717) is 37.5 Å². The average molecular weight is 668 g/mol. The van der Waals surface area contributed by atoms with Crippen molar-refractivity contribution in [3.05, 3.63) is 106 Å². The minimum Gasteiger partial charge on any atom is -0.354 e. The van der Waals surface area contributed by atoms with Crippen molar-refractivity contribution in [3.63, 3.8) is 0 Å². The maximum absolute atomic E-state index is 14.8. The Bertz CT molecular complexity index is 1690. The van der Waals surface area contributed by atoms with Gasteiger partial charge in [0.2, 0.25) is 11.8 Å². The zero-order valence-electron chi connectivity index (χ0n) is 28.6. The van der Waals surface area contributed by atoms with E-state index < -0.39 is 12.1 Å². The summed E-state index contributed by atoms with van der Waals surface area (Å²) < 4.78 is 0. The molecule has 3 amide bonds. The van der Waals surface area contributed by atoms with Crippen molar-refractivity contribution < 1.29 is 14.4 Å². The van der Waals surface area contributed by atoms with Crippen molar-refractivity contribution in [2.45, 2.75) is 70.1 Å². The first kappa shape index (κ1) is 35.3. The lowest BCUT2D eigenvalue weighted by Gasteiger charge is -2.36. The van der Waals surface area contributed by atoms with Gasteiger partial charge in [-0.05, 0) is 92.2 Å². The summed E-state index contributed by atoms with van der Waals surface area (Å²) in [6.07, 6.45) is 3.88. The molecule has 1 aromatic heterocycles. The highest BCUT2D eigenvalue weighted by Gasteiger charge is 2.36. The van der Waals surface area contributed by atoms with Crippen LogP contribution in [0.15, 0.2) is 84.2 Å².